The maximum atomic E-state index is 12.1. The zero-order valence-corrected chi connectivity index (χ0v) is 13.2. The first-order chi connectivity index (χ1) is 10.5. The van der Waals surface area contributed by atoms with Crippen molar-refractivity contribution in [3.8, 4) is 0 Å². The Balaban J connectivity index is 1.61. The van der Waals surface area contributed by atoms with Crippen molar-refractivity contribution in [3.63, 3.8) is 0 Å². The van der Waals surface area contributed by atoms with Crippen molar-refractivity contribution in [2.45, 2.75) is 10.3 Å². The van der Waals surface area contributed by atoms with E-state index in [-0.39, 0.29) is 16.5 Å². The van der Waals surface area contributed by atoms with E-state index in [1.165, 1.54) is 0 Å². The predicted octanol–water partition coefficient (Wildman–Crippen LogP) is 1.87. The van der Waals surface area contributed by atoms with Crippen molar-refractivity contribution in [1.29, 1.82) is 0 Å². The number of nitrogens with zero attached hydrogens (tertiary/aromatic N) is 1. The molecule has 22 heavy (non-hydrogen) atoms. The molecule has 8 heteroatoms. The van der Waals surface area contributed by atoms with Gasteiger partial charge < -0.3 is 15.4 Å². The van der Waals surface area contributed by atoms with Crippen molar-refractivity contribution in [2.24, 2.45) is 0 Å². The molecule has 1 unspecified atom stereocenters. The number of aromatic amines is 1. The van der Waals surface area contributed by atoms with E-state index in [4.69, 9.17) is 0 Å². The number of sulfone groups is 1. The van der Waals surface area contributed by atoms with Crippen LogP contribution in [-0.4, -0.2) is 41.9 Å². The first kappa shape index (κ1) is 15.0. The fourth-order valence-corrected chi connectivity index (χ4v) is 4.57. The monoisotopic (exact) mass is 337 g/mol. The van der Waals surface area contributed by atoms with Crippen LogP contribution < -0.4 is 5.32 Å². The van der Waals surface area contributed by atoms with E-state index in [0.29, 0.717) is 5.95 Å². The lowest BCUT2D eigenvalue weighted by molar-refractivity contribution is 0.210. The molecule has 3 N–H and O–H groups in total. The lowest BCUT2D eigenvalue weighted by Crippen LogP contribution is -2.28. The van der Waals surface area contributed by atoms with Gasteiger partial charge in [0.25, 0.3) is 0 Å². The van der Waals surface area contributed by atoms with Crippen LogP contribution in [0.25, 0.3) is 11.0 Å². The fourth-order valence-electron chi connectivity index (χ4n) is 2.09. The number of hydrogen-bond acceptors (Lipinski definition) is 6. The highest BCUT2D eigenvalue weighted by Gasteiger charge is 2.20. The third-order valence-corrected chi connectivity index (χ3v) is 6.39. The number of H-pyrrole nitrogens is 1. The number of hydrogen-bond donors (Lipinski definition) is 3. The fraction of sp³-hybridized carbons (Fsp3) is 0.214. The van der Waals surface area contributed by atoms with Crippen LogP contribution in [0.5, 0.6) is 0 Å². The number of benzene rings is 1. The molecule has 3 aromatic rings. The van der Waals surface area contributed by atoms with Gasteiger partial charge in [-0.3, -0.25) is 0 Å². The molecule has 2 heterocycles. The van der Waals surface area contributed by atoms with E-state index in [2.05, 4.69) is 15.3 Å². The second-order valence-electron chi connectivity index (χ2n) is 4.85. The van der Waals surface area contributed by atoms with Gasteiger partial charge in [-0.1, -0.05) is 18.2 Å². The Morgan fingerprint density at radius 2 is 2.09 bits per heavy atom. The molecule has 6 nitrogen and oxygen atoms in total. The van der Waals surface area contributed by atoms with Crippen LogP contribution in [0, 0.1) is 0 Å². The number of aromatic nitrogens is 2. The number of para-hydroxylation sites is 2. The third-order valence-electron chi connectivity index (χ3n) is 3.11. The zero-order chi connectivity index (χ0) is 15.6. The molecule has 0 saturated carbocycles. The summed E-state index contributed by atoms with van der Waals surface area (Å²) in [6.45, 7) is 0.102. The van der Waals surface area contributed by atoms with Crippen LogP contribution in [0.3, 0.4) is 0 Å². The standard InChI is InChI=1S/C14H15N3O3S2/c18-10(9-22(19,20)13-6-3-7-21-13)8-15-14-16-11-4-1-2-5-12(11)17-14/h1-7,10,18H,8-9H2,(H2,15,16,17). The highest BCUT2D eigenvalue weighted by atomic mass is 32.2. The van der Waals surface area contributed by atoms with Crippen molar-refractivity contribution in [2.75, 3.05) is 17.6 Å². The summed E-state index contributed by atoms with van der Waals surface area (Å²) in [5, 5.41) is 14.6. The zero-order valence-electron chi connectivity index (χ0n) is 11.6. The lowest BCUT2D eigenvalue weighted by atomic mass is 10.3. The molecule has 0 amide bonds. The summed E-state index contributed by atoms with van der Waals surface area (Å²) >= 11 is 1.15. The number of fused-ring (bicyclic) bond motifs is 1. The molecule has 116 valence electrons. The number of nitrogens with one attached hydrogen (secondary N) is 2. The Morgan fingerprint density at radius 3 is 2.82 bits per heavy atom. The van der Waals surface area contributed by atoms with E-state index >= 15 is 0 Å². The molecule has 1 atom stereocenters. The second-order valence-corrected chi connectivity index (χ2v) is 8.06. The molecule has 1 aromatic carbocycles. The maximum Gasteiger partial charge on any atom is 0.201 e. The Labute approximate surface area is 131 Å². The van der Waals surface area contributed by atoms with Gasteiger partial charge in [0.05, 0.1) is 22.9 Å². The van der Waals surface area contributed by atoms with Crippen molar-refractivity contribution < 1.29 is 13.5 Å². The average molecular weight is 337 g/mol. The third kappa shape index (κ3) is 3.29. The number of anilines is 1. The molecule has 0 spiro atoms. The van der Waals surface area contributed by atoms with Crippen LogP contribution >= 0.6 is 11.3 Å². The van der Waals surface area contributed by atoms with Gasteiger partial charge in [-0.25, -0.2) is 13.4 Å². The Kier molecular flexibility index (Phi) is 4.14. The molecule has 2 aromatic heterocycles. The van der Waals surface area contributed by atoms with Crippen LogP contribution in [0.15, 0.2) is 46.0 Å². The van der Waals surface area contributed by atoms with Crippen LogP contribution in [0.1, 0.15) is 0 Å². The number of thiophene rings is 1. The summed E-state index contributed by atoms with van der Waals surface area (Å²) in [5.41, 5.74) is 1.69. The van der Waals surface area contributed by atoms with Gasteiger partial charge in [-0.05, 0) is 23.6 Å². The van der Waals surface area contributed by atoms with Gasteiger partial charge >= 0.3 is 0 Å². The van der Waals surface area contributed by atoms with E-state index in [1.54, 1.807) is 17.5 Å². The molecule has 3 rings (SSSR count). The largest absolute Gasteiger partial charge is 0.390 e. The quantitative estimate of drug-likeness (QED) is 0.638. The number of imidazole rings is 1. The van der Waals surface area contributed by atoms with E-state index in [1.807, 2.05) is 24.3 Å². The summed E-state index contributed by atoms with van der Waals surface area (Å²) < 4.78 is 24.4. The van der Waals surface area contributed by atoms with Crippen molar-refractivity contribution >= 4 is 38.2 Å². The Bertz CT molecular complexity index is 823. The Morgan fingerprint density at radius 1 is 1.27 bits per heavy atom. The van der Waals surface area contributed by atoms with Crippen LogP contribution in [0.2, 0.25) is 0 Å². The van der Waals surface area contributed by atoms with Gasteiger partial charge in [-0.2, -0.15) is 0 Å². The van der Waals surface area contributed by atoms with Gasteiger partial charge in [0.2, 0.25) is 5.95 Å². The highest BCUT2D eigenvalue weighted by molar-refractivity contribution is 7.93. The highest BCUT2D eigenvalue weighted by Crippen LogP contribution is 2.18. The number of rotatable bonds is 6. The lowest BCUT2D eigenvalue weighted by Gasteiger charge is -2.10. The molecule has 0 aliphatic carbocycles. The summed E-state index contributed by atoms with van der Waals surface area (Å²) in [5.74, 6) is 0.189. The first-order valence-electron chi connectivity index (χ1n) is 6.67. The minimum absolute atomic E-state index is 0.102. The number of aliphatic hydroxyl groups is 1. The topological polar surface area (TPSA) is 95.1 Å². The molecule has 0 bridgehead atoms. The maximum absolute atomic E-state index is 12.1. The molecule has 0 radical (unpaired) electrons. The molecule has 0 saturated heterocycles. The Hall–Kier alpha value is -1.90. The van der Waals surface area contributed by atoms with Crippen molar-refractivity contribution in [3.05, 3.63) is 41.8 Å². The molecule has 0 fully saturated rings. The van der Waals surface area contributed by atoms with E-state index < -0.39 is 15.9 Å². The smallest absolute Gasteiger partial charge is 0.201 e. The van der Waals surface area contributed by atoms with Crippen LogP contribution in [0.4, 0.5) is 5.95 Å². The van der Waals surface area contributed by atoms with Gasteiger partial charge in [-0.15, -0.1) is 11.3 Å². The first-order valence-corrected chi connectivity index (χ1v) is 9.21. The second kappa shape index (κ2) is 6.07. The normalized spacial score (nSPS) is 13.3. The molecular weight excluding hydrogens is 322 g/mol. The average Bonchev–Trinajstić information content (AvgIpc) is 3.14. The van der Waals surface area contributed by atoms with E-state index in [9.17, 15) is 13.5 Å². The van der Waals surface area contributed by atoms with Gasteiger partial charge in [0.15, 0.2) is 9.84 Å². The van der Waals surface area contributed by atoms with E-state index in [0.717, 1.165) is 22.4 Å². The minimum atomic E-state index is -3.45. The van der Waals surface area contributed by atoms with Crippen LogP contribution in [-0.2, 0) is 9.84 Å². The minimum Gasteiger partial charge on any atom is -0.390 e. The van der Waals surface area contributed by atoms with Crippen molar-refractivity contribution in [1.82, 2.24) is 9.97 Å². The van der Waals surface area contributed by atoms with Gasteiger partial charge in [0.1, 0.15) is 4.21 Å². The molecule has 0 aliphatic rings. The summed E-state index contributed by atoms with van der Waals surface area (Å²) in [6, 6.07) is 10.8. The molecular formula is C14H15N3O3S2. The molecule has 0 aliphatic heterocycles. The summed E-state index contributed by atoms with van der Waals surface area (Å²) in [7, 11) is -3.45. The van der Waals surface area contributed by atoms with Gasteiger partial charge in [0, 0.05) is 6.54 Å². The summed E-state index contributed by atoms with van der Waals surface area (Å²) in [4.78, 5) is 7.37. The summed E-state index contributed by atoms with van der Waals surface area (Å²) in [6.07, 6.45) is -1.01. The SMILES string of the molecule is O=S(=O)(CC(O)CNc1nc2ccccc2[nH]1)c1cccs1. The predicted molar refractivity (Wildman–Crippen MR) is 87.0 cm³/mol. The number of aliphatic hydroxyl groups excluding tert-OH is 1.